The van der Waals surface area contributed by atoms with Crippen LogP contribution in [0.15, 0.2) is 72.0 Å². The Hall–Kier alpha value is -2.95. The van der Waals surface area contributed by atoms with E-state index in [9.17, 15) is 0 Å². The van der Waals surface area contributed by atoms with Crippen LogP contribution in [-0.4, -0.2) is 20.7 Å². The smallest absolute Gasteiger partial charge is 0.164 e. The van der Waals surface area contributed by atoms with E-state index < -0.39 is 0 Å². The molecule has 5 heteroatoms. The van der Waals surface area contributed by atoms with Crippen molar-refractivity contribution >= 4 is 5.71 Å². The first kappa shape index (κ1) is 11.8. The zero-order valence-electron chi connectivity index (χ0n) is 11.2. The monoisotopic (exact) mass is 275 g/mol. The molecule has 3 aromatic rings. The molecule has 0 saturated carbocycles. The molecular formula is C16H13N5. The van der Waals surface area contributed by atoms with Gasteiger partial charge in [0.25, 0.3) is 0 Å². The molecule has 0 saturated heterocycles. The number of rotatable bonds is 2. The average Bonchev–Trinajstić information content (AvgIpc) is 3.05. The average molecular weight is 275 g/mol. The third kappa shape index (κ3) is 1.99. The molecule has 0 spiro atoms. The molecule has 1 aliphatic heterocycles. The summed E-state index contributed by atoms with van der Waals surface area (Å²) in [7, 11) is 0. The van der Waals surface area contributed by atoms with Gasteiger partial charge in [0.15, 0.2) is 6.17 Å². The molecule has 0 aliphatic carbocycles. The summed E-state index contributed by atoms with van der Waals surface area (Å²) in [5.74, 6) is 0. The van der Waals surface area contributed by atoms with E-state index in [0.29, 0.717) is 0 Å². The van der Waals surface area contributed by atoms with Gasteiger partial charge in [-0.05, 0) is 5.56 Å². The summed E-state index contributed by atoms with van der Waals surface area (Å²) in [6, 6.07) is 20.1. The SMILES string of the molecule is c1ccc(C2=NNC(c3ccccc3)n3nncc32)cc1. The first-order valence-electron chi connectivity index (χ1n) is 6.77. The van der Waals surface area contributed by atoms with Crippen molar-refractivity contribution < 1.29 is 0 Å². The first-order valence-corrected chi connectivity index (χ1v) is 6.77. The van der Waals surface area contributed by atoms with E-state index in [2.05, 4.69) is 20.8 Å². The number of hydrogen-bond donors (Lipinski definition) is 1. The van der Waals surface area contributed by atoms with Crippen LogP contribution in [0.2, 0.25) is 0 Å². The standard InChI is InChI=1S/C16H13N5/c1-3-7-12(8-4-1)15-14-11-17-20-21(14)16(19-18-15)13-9-5-2-6-10-13/h1-11,16,19H. The van der Waals surface area contributed by atoms with E-state index in [4.69, 9.17) is 0 Å². The topological polar surface area (TPSA) is 55.1 Å². The lowest BCUT2D eigenvalue weighted by atomic mass is 10.1. The van der Waals surface area contributed by atoms with Crippen LogP contribution in [0.5, 0.6) is 0 Å². The molecule has 0 amide bonds. The molecular weight excluding hydrogens is 262 g/mol. The summed E-state index contributed by atoms with van der Waals surface area (Å²) in [5, 5.41) is 12.8. The lowest BCUT2D eigenvalue weighted by molar-refractivity contribution is 0.417. The molecule has 0 radical (unpaired) electrons. The van der Waals surface area contributed by atoms with Crippen LogP contribution >= 0.6 is 0 Å². The van der Waals surface area contributed by atoms with Gasteiger partial charge in [-0.25, -0.2) is 4.68 Å². The highest BCUT2D eigenvalue weighted by Gasteiger charge is 2.25. The van der Waals surface area contributed by atoms with Crippen molar-refractivity contribution in [3.8, 4) is 0 Å². The Balaban J connectivity index is 1.79. The summed E-state index contributed by atoms with van der Waals surface area (Å²) in [6.07, 6.45) is 1.62. The molecule has 1 aliphatic rings. The maximum Gasteiger partial charge on any atom is 0.164 e. The van der Waals surface area contributed by atoms with Crippen molar-refractivity contribution in [1.29, 1.82) is 0 Å². The van der Waals surface area contributed by atoms with Gasteiger partial charge in [-0.1, -0.05) is 65.9 Å². The minimum atomic E-state index is -0.129. The Kier molecular flexibility index (Phi) is 2.74. The van der Waals surface area contributed by atoms with Crippen molar-refractivity contribution in [3.63, 3.8) is 0 Å². The van der Waals surface area contributed by atoms with Gasteiger partial charge >= 0.3 is 0 Å². The van der Waals surface area contributed by atoms with Crippen LogP contribution in [0.25, 0.3) is 0 Å². The highest BCUT2D eigenvalue weighted by atomic mass is 15.5. The number of aromatic nitrogens is 3. The van der Waals surface area contributed by atoms with Gasteiger partial charge in [-0.3, -0.25) is 5.43 Å². The molecule has 4 rings (SSSR count). The largest absolute Gasteiger partial charge is 0.281 e. The maximum atomic E-state index is 4.54. The van der Waals surface area contributed by atoms with Crippen molar-refractivity contribution in [2.24, 2.45) is 5.10 Å². The second-order valence-electron chi connectivity index (χ2n) is 4.83. The lowest BCUT2D eigenvalue weighted by Crippen LogP contribution is -2.33. The molecule has 102 valence electrons. The van der Waals surface area contributed by atoms with E-state index >= 15 is 0 Å². The third-order valence-electron chi connectivity index (χ3n) is 3.52. The Labute approximate surface area is 121 Å². The lowest BCUT2D eigenvalue weighted by Gasteiger charge is -2.24. The van der Waals surface area contributed by atoms with Gasteiger partial charge in [-0.2, -0.15) is 5.10 Å². The number of benzene rings is 2. The molecule has 5 nitrogen and oxygen atoms in total. The number of hydrogen-bond acceptors (Lipinski definition) is 4. The molecule has 21 heavy (non-hydrogen) atoms. The highest BCUT2D eigenvalue weighted by molar-refractivity contribution is 6.11. The van der Waals surface area contributed by atoms with E-state index in [-0.39, 0.29) is 6.17 Å². The Morgan fingerprint density at radius 1 is 0.905 bits per heavy atom. The Bertz CT molecular complexity index is 777. The van der Waals surface area contributed by atoms with Crippen molar-refractivity contribution in [2.45, 2.75) is 6.17 Å². The summed E-state index contributed by atoms with van der Waals surface area (Å²) in [6.45, 7) is 0. The number of fused-ring (bicyclic) bond motifs is 1. The molecule has 1 aromatic heterocycles. The maximum absolute atomic E-state index is 4.54. The van der Waals surface area contributed by atoms with Crippen molar-refractivity contribution in [3.05, 3.63) is 83.7 Å². The minimum Gasteiger partial charge on any atom is -0.281 e. The summed E-state index contributed by atoms with van der Waals surface area (Å²) >= 11 is 0. The van der Waals surface area contributed by atoms with Gasteiger partial charge in [0, 0.05) is 5.56 Å². The summed E-state index contributed by atoms with van der Waals surface area (Å²) in [4.78, 5) is 0. The number of nitrogens with one attached hydrogen (secondary N) is 1. The predicted molar refractivity (Wildman–Crippen MR) is 79.8 cm³/mol. The van der Waals surface area contributed by atoms with Gasteiger partial charge in [0.1, 0.15) is 11.4 Å². The quantitative estimate of drug-likeness (QED) is 0.780. The Morgan fingerprint density at radius 3 is 2.38 bits per heavy atom. The first-order chi connectivity index (χ1) is 10.4. The van der Waals surface area contributed by atoms with Gasteiger partial charge in [0.2, 0.25) is 0 Å². The van der Waals surface area contributed by atoms with Crippen LogP contribution in [0, 0.1) is 0 Å². The molecule has 1 atom stereocenters. The van der Waals surface area contributed by atoms with E-state index in [1.165, 1.54) is 0 Å². The van der Waals surface area contributed by atoms with Crippen LogP contribution in [-0.2, 0) is 0 Å². The van der Waals surface area contributed by atoms with Gasteiger partial charge < -0.3 is 0 Å². The van der Waals surface area contributed by atoms with E-state index in [1.54, 1.807) is 6.20 Å². The van der Waals surface area contributed by atoms with Crippen LogP contribution in [0.4, 0.5) is 0 Å². The normalized spacial score (nSPS) is 16.8. The molecule has 2 heterocycles. The number of hydrazone groups is 1. The van der Waals surface area contributed by atoms with Crippen molar-refractivity contribution in [2.75, 3.05) is 0 Å². The predicted octanol–water partition coefficient (Wildman–Crippen LogP) is 2.18. The van der Waals surface area contributed by atoms with E-state index in [1.807, 2.05) is 65.3 Å². The van der Waals surface area contributed by atoms with Gasteiger partial charge in [-0.15, -0.1) is 5.10 Å². The molecule has 0 fully saturated rings. The fraction of sp³-hybridized carbons (Fsp3) is 0.0625. The summed E-state index contributed by atoms with van der Waals surface area (Å²) < 4.78 is 1.87. The molecule has 1 unspecified atom stereocenters. The Morgan fingerprint density at radius 2 is 1.62 bits per heavy atom. The highest BCUT2D eigenvalue weighted by Crippen LogP contribution is 2.22. The second kappa shape index (κ2) is 4.86. The fourth-order valence-corrected chi connectivity index (χ4v) is 2.50. The second-order valence-corrected chi connectivity index (χ2v) is 4.83. The van der Waals surface area contributed by atoms with E-state index in [0.717, 1.165) is 22.5 Å². The van der Waals surface area contributed by atoms with Crippen LogP contribution in [0.3, 0.4) is 0 Å². The number of nitrogens with zero attached hydrogens (tertiary/aromatic N) is 4. The van der Waals surface area contributed by atoms with Crippen molar-refractivity contribution in [1.82, 2.24) is 20.4 Å². The van der Waals surface area contributed by atoms with Crippen LogP contribution in [0.1, 0.15) is 23.0 Å². The summed E-state index contributed by atoms with van der Waals surface area (Å²) in [5.41, 5.74) is 7.08. The minimum absolute atomic E-state index is 0.129. The third-order valence-corrected chi connectivity index (χ3v) is 3.52. The van der Waals surface area contributed by atoms with Crippen LogP contribution < -0.4 is 5.43 Å². The van der Waals surface area contributed by atoms with Gasteiger partial charge in [0.05, 0.1) is 6.20 Å². The molecule has 0 bridgehead atoms. The fourth-order valence-electron chi connectivity index (χ4n) is 2.50. The zero-order valence-corrected chi connectivity index (χ0v) is 11.2. The molecule has 1 N–H and O–H groups in total. The molecule has 2 aromatic carbocycles. The zero-order chi connectivity index (χ0) is 14.1.